The van der Waals surface area contributed by atoms with Crippen LogP contribution in [0.3, 0.4) is 0 Å². The third kappa shape index (κ3) is 11.1. The predicted molar refractivity (Wildman–Crippen MR) is 506 cm³/mol. The lowest BCUT2D eigenvalue weighted by molar-refractivity contribution is 0.457. The zero-order valence-corrected chi connectivity index (χ0v) is 67.1. The number of allylic oxidation sites excluding steroid dienone is 5. The van der Waals surface area contributed by atoms with Crippen LogP contribution in [0.2, 0.25) is 0 Å². The van der Waals surface area contributed by atoms with Crippen molar-refractivity contribution in [1.82, 2.24) is 19.1 Å². The zero-order valence-electron chi connectivity index (χ0n) is 67.1. The fourth-order valence-corrected chi connectivity index (χ4v) is 21.5. The van der Waals surface area contributed by atoms with E-state index in [-0.39, 0.29) is 11.8 Å². The number of hydrogen-bond donors (Lipinski definition) is 0. The summed E-state index contributed by atoms with van der Waals surface area (Å²) in [5, 5.41) is 3.63. The molecule has 4 aliphatic carbocycles. The molecule has 0 saturated heterocycles. The van der Waals surface area contributed by atoms with E-state index in [4.69, 9.17) is 9.97 Å². The average molecular weight is 1550 g/mol. The van der Waals surface area contributed by atoms with Crippen LogP contribution in [0.15, 0.2) is 443 Å². The normalized spacial score (nSPS) is 15.1. The van der Waals surface area contributed by atoms with E-state index in [1.165, 1.54) is 133 Å². The molecule has 0 aliphatic heterocycles. The van der Waals surface area contributed by atoms with E-state index in [1.54, 1.807) is 0 Å². The first-order chi connectivity index (χ1) is 60.5. The fraction of sp³-hybridized carbons (Fsp3) is 0.0508. The van der Waals surface area contributed by atoms with E-state index in [1.807, 2.05) is 0 Å². The van der Waals surface area contributed by atoms with Gasteiger partial charge in [-0.1, -0.05) is 370 Å². The van der Waals surface area contributed by atoms with Gasteiger partial charge in [0.2, 0.25) is 0 Å². The first-order valence-electron chi connectivity index (χ1n) is 42.7. The van der Waals surface area contributed by atoms with Crippen molar-refractivity contribution in [2.24, 2.45) is 5.92 Å². The van der Waals surface area contributed by atoms with Crippen LogP contribution in [0.1, 0.15) is 73.7 Å². The second-order valence-corrected chi connectivity index (χ2v) is 33.2. The molecule has 4 nitrogen and oxygen atoms in total. The van der Waals surface area contributed by atoms with Gasteiger partial charge in [0.25, 0.3) is 0 Å². The zero-order chi connectivity index (χ0) is 80.4. The van der Waals surface area contributed by atoms with Crippen molar-refractivity contribution in [1.29, 1.82) is 0 Å². The fourth-order valence-electron chi connectivity index (χ4n) is 21.5. The Labute approximate surface area is 710 Å². The highest BCUT2D eigenvalue weighted by Crippen LogP contribution is 2.62. The molecular formula is C118H80N4. The van der Waals surface area contributed by atoms with Crippen LogP contribution in [-0.2, 0) is 17.3 Å². The van der Waals surface area contributed by atoms with Crippen molar-refractivity contribution in [2.75, 3.05) is 0 Å². The molecule has 4 heteroatoms. The van der Waals surface area contributed by atoms with Gasteiger partial charge in [-0.2, -0.15) is 0 Å². The van der Waals surface area contributed by atoms with E-state index < -0.39 is 10.8 Å². The molecule has 122 heavy (non-hydrogen) atoms. The Balaban J connectivity index is 0.753. The predicted octanol–water partition coefficient (Wildman–Crippen LogP) is 29.4. The molecule has 3 heterocycles. The van der Waals surface area contributed by atoms with Crippen molar-refractivity contribution >= 4 is 55.4 Å². The van der Waals surface area contributed by atoms with Gasteiger partial charge in [-0.25, -0.2) is 9.97 Å². The monoisotopic (exact) mass is 1550 g/mol. The highest BCUT2D eigenvalue weighted by molar-refractivity contribution is 6.12. The molecule has 17 aromatic carbocycles. The SMILES string of the molecule is C1=CC2c3ccc(-c4ccc(-c5ccc6c(c5)C(c5ccccc5)(c5ccccc5)c5ccccc5-6)c5nc(-c6ccc(-n7c8ccc(-c9ccccc9)cc8c8cc(-c9ccccc9)ccc87)cc6)c(-c6ccc(-n7c8c(c9cc(-c%10ccccc%10)ccc97)C=C(c7ccccc7)CC8)cc6)nc45)cc3C(c3ccccc3)(c3ccccc3)C2C=C1. The summed E-state index contributed by atoms with van der Waals surface area (Å²) in [6, 6.07) is 156. The number of nitrogens with zero attached hydrogens (tertiary/aromatic N) is 4. The Hall–Kier alpha value is -15.4. The molecule has 0 amide bonds. The van der Waals surface area contributed by atoms with E-state index >= 15 is 0 Å². The second kappa shape index (κ2) is 28.7. The van der Waals surface area contributed by atoms with Crippen molar-refractivity contribution in [3.8, 4) is 101 Å². The summed E-state index contributed by atoms with van der Waals surface area (Å²) in [4.78, 5) is 12.7. The van der Waals surface area contributed by atoms with Crippen LogP contribution in [0.25, 0.3) is 156 Å². The quantitative estimate of drug-likeness (QED) is 0.109. The summed E-state index contributed by atoms with van der Waals surface area (Å²) in [5.41, 5.74) is 38.5. The third-order valence-corrected chi connectivity index (χ3v) is 26.9. The number of fused-ring (bicyclic) bond motifs is 13. The lowest BCUT2D eigenvalue weighted by atomic mass is 9.63. The van der Waals surface area contributed by atoms with Crippen LogP contribution < -0.4 is 0 Å². The van der Waals surface area contributed by atoms with Crippen LogP contribution >= 0.6 is 0 Å². The van der Waals surface area contributed by atoms with Gasteiger partial charge in [0.1, 0.15) is 0 Å². The van der Waals surface area contributed by atoms with Crippen molar-refractivity contribution in [2.45, 2.75) is 29.6 Å². The van der Waals surface area contributed by atoms with Crippen molar-refractivity contribution in [3.63, 3.8) is 0 Å². The van der Waals surface area contributed by atoms with Gasteiger partial charge >= 0.3 is 0 Å². The van der Waals surface area contributed by atoms with Crippen LogP contribution in [0.4, 0.5) is 0 Å². The van der Waals surface area contributed by atoms with E-state index in [0.29, 0.717) is 0 Å². The smallest absolute Gasteiger partial charge is 0.0979 e. The maximum Gasteiger partial charge on any atom is 0.0979 e. The van der Waals surface area contributed by atoms with Gasteiger partial charge in [-0.05, 0) is 203 Å². The number of rotatable bonds is 14. The summed E-state index contributed by atoms with van der Waals surface area (Å²) in [6.07, 6.45) is 13.7. The molecule has 24 rings (SSSR count). The van der Waals surface area contributed by atoms with Crippen molar-refractivity contribution in [3.05, 3.63) is 504 Å². The van der Waals surface area contributed by atoms with Gasteiger partial charge < -0.3 is 9.13 Å². The Bertz CT molecular complexity index is 7440. The summed E-state index contributed by atoms with van der Waals surface area (Å²) in [5.74, 6) is 0.270. The molecule has 3 aromatic heterocycles. The Morgan fingerprint density at radius 3 is 1.18 bits per heavy atom. The minimum atomic E-state index is -0.641. The number of hydrogen-bond acceptors (Lipinski definition) is 2. The second-order valence-electron chi connectivity index (χ2n) is 33.2. The van der Waals surface area contributed by atoms with Gasteiger partial charge in [0.05, 0.1) is 49.8 Å². The minimum absolute atomic E-state index is 0.120. The number of aromatic nitrogens is 4. The molecule has 0 N–H and O–H groups in total. The Kier molecular flexibility index (Phi) is 16.7. The molecule has 2 atom stereocenters. The molecule has 572 valence electrons. The van der Waals surface area contributed by atoms with Gasteiger partial charge in [-0.3, -0.25) is 0 Å². The topological polar surface area (TPSA) is 35.6 Å². The van der Waals surface area contributed by atoms with Gasteiger partial charge in [0.15, 0.2) is 0 Å². The molecule has 0 fully saturated rings. The lowest BCUT2D eigenvalue weighted by Crippen LogP contribution is -2.35. The maximum absolute atomic E-state index is 6.34. The van der Waals surface area contributed by atoms with Crippen LogP contribution in [-0.4, -0.2) is 19.1 Å². The Morgan fingerprint density at radius 2 is 0.664 bits per heavy atom. The average Bonchev–Trinajstić information content (AvgIpc) is 1.54. The summed E-state index contributed by atoms with van der Waals surface area (Å²) < 4.78 is 4.97. The van der Waals surface area contributed by atoms with Crippen LogP contribution in [0.5, 0.6) is 0 Å². The third-order valence-electron chi connectivity index (χ3n) is 26.9. The highest BCUT2D eigenvalue weighted by atomic mass is 15.0. The van der Waals surface area contributed by atoms with E-state index in [2.05, 4.69) is 458 Å². The Morgan fingerprint density at radius 1 is 0.270 bits per heavy atom. The molecule has 0 bridgehead atoms. The molecule has 20 aromatic rings. The van der Waals surface area contributed by atoms with Crippen molar-refractivity contribution < 1.29 is 0 Å². The van der Waals surface area contributed by atoms with Gasteiger partial charge in [0, 0.05) is 72.9 Å². The summed E-state index contributed by atoms with van der Waals surface area (Å²) in [7, 11) is 0. The van der Waals surface area contributed by atoms with Gasteiger partial charge in [-0.15, -0.1) is 0 Å². The summed E-state index contributed by atoms with van der Waals surface area (Å²) in [6.45, 7) is 0. The van der Waals surface area contributed by atoms with E-state index in [9.17, 15) is 0 Å². The molecule has 0 spiro atoms. The minimum Gasteiger partial charge on any atom is -0.313 e. The first kappa shape index (κ1) is 70.8. The molecule has 0 saturated carbocycles. The molecular weight excluding hydrogens is 1470 g/mol. The highest BCUT2D eigenvalue weighted by Gasteiger charge is 2.53. The van der Waals surface area contributed by atoms with Crippen LogP contribution in [0, 0.1) is 5.92 Å². The van der Waals surface area contributed by atoms with E-state index in [0.717, 1.165) is 91.1 Å². The number of benzene rings is 17. The molecule has 4 aliphatic rings. The summed E-state index contributed by atoms with van der Waals surface area (Å²) >= 11 is 0. The largest absolute Gasteiger partial charge is 0.313 e. The maximum atomic E-state index is 6.34. The first-order valence-corrected chi connectivity index (χ1v) is 42.7. The molecule has 0 radical (unpaired) electrons. The molecule has 2 unspecified atom stereocenters. The standard InChI is InChI=1S/C118H80N4/c1-9-29-77(30-10-1)83-55-67-109-101(71-83)102-72-84(78-31-11-2-12-32-78)56-68-110(102)121(109)93-59-49-81(50-60-93)113-114(82-51-61-94(62-52-82)122-111-69-57-85(79-33-13-3-14-34-79)73-103(111)104-74-86(58-70-112(104)122)80-35-15-4-16-36-80)120-116-96(88-54-64-100-98-46-26-28-48-106(98)118(108(100)76-88,91-41-21-7-22-42-91)92-43-23-8-24-44-92)66-65-95(115(116)119-113)87-53-63-99-97-45-25-27-47-105(97)117(107(99)75-87,89-37-17-5-18-38-89)90-39-19-6-20-40-90/h1-57,59-69,71-76,98,106H,58,70H2. The lowest BCUT2D eigenvalue weighted by Gasteiger charge is -2.39.